The van der Waals surface area contributed by atoms with E-state index in [1.165, 1.54) is 31.4 Å². The Morgan fingerprint density at radius 1 is 1.35 bits per heavy atom. The predicted molar refractivity (Wildman–Crippen MR) is 95.9 cm³/mol. The zero-order chi connectivity index (χ0) is 16.5. The highest BCUT2D eigenvalue weighted by molar-refractivity contribution is 5.54. The first-order valence-electron chi connectivity index (χ1n) is 9.10. The molecule has 1 heterocycles. The summed E-state index contributed by atoms with van der Waals surface area (Å²) in [6, 6.07) is 6.74. The van der Waals surface area contributed by atoms with Crippen LogP contribution in [0.1, 0.15) is 51.0 Å². The van der Waals surface area contributed by atoms with Gasteiger partial charge >= 0.3 is 0 Å². The number of ether oxygens (including phenoxy) is 1. The Morgan fingerprint density at radius 2 is 2.22 bits per heavy atom. The number of hydrogen-bond donors (Lipinski definition) is 2. The molecule has 0 amide bonds. The van der Waals surface area contributed by atoms with Crippen molar-refractivity contribution in [3.05, 3.63) is 23.8 Å². The maximum Gasteiger partial charge on any atom is 0.142 e. The molecule has 1 atom stereocenters. The lowest BCUT2D eigenvalue weighted by Crippen LogP contribution is -2.40. The second-order valence-corrected chi connectivity index (χ2v) is 6.52. The molecule has 3 N–H and O–H groups in total. The Balaban J connectivity index is 1.80. The lowest BCUT2D eigenvalue weighted by molar-refractivity contribution is 0.118. The molecular weight excluding hydrogens is 288 g/mol. The number of likely N-dealkylation sites (tertiary alicyclic amines) is 1. The van der Waals surface area contributed by atoms with Crippen molar-refractivity contribution in [3.8, 4) is 5.75 Å². The monoisotopic (exact) mass is 320 g/mol. The van der Waals surface area contributed by atoms with Crippen LogP contribution in [0.5, 0.6) is 5.75 Å². The number of benzene rings is 1. The molecule has 1 fully saturated rings. The summed E-state index contributed by atoms with van der Waals surface area (Å²) in [5.74, 6) is 0.801. The highest BCUT2D eigenvalue weighted by atomic mass is 16.5. The summed E-state index contributed by atoms with van der Waals surface area (Å²) in [6.07, 6.45) is 7.91. The van der Waals surface area contributed by atoms with Crippen LogP contribution in [0.25, 0.3) is 0 Å². The number of nitrogens with two attached hydrogens (primary N) is 1. The number of nitrogen functional groups attached to an aromatic ring is 1. The van der Waals surface area contributed by atoms with Gasteiger partial charge in [-0.3, -0.25) is 0 Å². The average molecular weight is 320 g/mol. The number of aliphatic hydroxyl groups excluding tert-OH is 1. The minimum absolute atomic E-state index is 0.303. The van der Waals surface area contributed by atoms with Crippen LogP contribution in [0.3, 0.4) is 0 Å². The average Bonchev–Trinajstić information content (AvgIpc) is 2.56. The Labute approximate surface area is 140 Å². The molecular formula is C19H32N2O2. The van der Waals surface area contributed by atoms with Gasteiger partial charge in [0.05, 0.1) is 12.3 Å². The molecule has 1 unspecified atom stereocenters. The fraction of sp³-hybridized carbons (Fsp3) is 0.684. The van der Waals surface area contributed by atoms with Crippen LogP contribution in [0.2, 0.25) is 0 Å². The van der Waals surface area contributed by atoms with E-state index in [-0.39, 0.29) is 0 Å². The van der Waals surface area contributed by atoms with E-state index in [0.29, 0.717) is 19.3 Å². The Hall–Kier alpha value is -1.26. The fourth-order valence-corrected chi connectivity index (χ4v) is 3.41. The molecule has 4 nitrogen and oxygen atoms in total. The van der Waals surface area contributed by atoms with E-state index in [0.717, 1.165) is 43.7 Å². The zero-order valence-electron chi connectivity index (χ0n) is 14.5. The van der Waals surface area contributed by atoms with E-state index < -0.39 is 0 Å². The van der Waals surface area contributed by atoms with Crippen molar-refractivity contribution in [2.24, 2.45) is 0 Å². The van der Waals surface area contributed by atoms with Crippen molar-refractivity contribution in [1.82, 2.24) is 4.90 Å². The molecule has 1 aromatic rings. The highest BCUT2D eigenvalue weighted by Gasteiger charge is 2.21. The van der Waals surface area contributed by atoms with Gasteiger partial charge in [-0.1, -0.05) is 19.4 Å². The van der Waals surface area contributed by atoms with E-state index in [1.54, 1.807) is 0 Å². The first-order chi connectivity index (χ1) is 11.2. The largest absolute Gasteiger partial charge is 0.491 e. The summed E-state index contributed by atoms with van der Waals surface area (Å²) >= 11 is 0. The van der Waals surface area contributed by atoms with Crippen molar-refractivity contribution in [3.63, 3.8) is 0 Å². The molecule has 0 aromatic heterocycles. The van der Waals surface area contributed by atoms with E-state index in [4.69, 9.17) is 10.5 Å². The fourth-order valence-electron chi connectivity index (χ4n) is 3.41. The SMILES string of the molecule is CCCOc1ccc(CCCN2CCCCC2CCO)cc1N. The summed E-state index contributed by atoms with van der Waals surface area (Å²) in [6.45, 7) is 5.39. The van der Waals surface area contributed by atoms with Crippen LogP contribution >= 0.6 is 0 Å². The van der Waals surface area contributed by atoms with Gasteiger partial charge in [-0.05, 0) is 69.3 Å². The van der Waals surface area contributed by atoms with Crippen molar-refractivity contribution in [2.45, 2.75) is 57.9 Å². The van der Waals surface area contributed by atoms with Crippen molar-refractivity contribution in [2.75, 3.05) is 32.0 Å². The quantitative estimate of drug-likeness (QED) is 0.686. The van der Waals surface area contributed by atoms with Crippen LogP contribution in [-0.2, 0) is 6.42 Å². The second kappa shape index (κ2) is 9.78. The number of rotatable bonds is 9. The number of aliphatic hydroxyl groups is 1. The standard InChI is InChI=1S/C19H32N2O2/c1-2-14-23-19-9-8-16(15-18(19)20)6-5-12-21-11-4-3-7-17(21)10-13-22/h8-9,15,17,22H,2-7,10-14,20H2,1H3. The van der Waals surface area contributed by atoms with Crippen LogP contribution in [0.15, 0.2) is 18.2 Å². The molecule has 0 radical (unpaired) electrons. The third kappa shape index (κ3) is 5.70. The Bertz CT molecular complexity index is 463. The van der Waals surface area contributed by atoms with Gasteiger partial charge in [0.15, 0.2) is 0 Å². The number of anilines is 1. The zero-order valence-corrected chi connectivity index (χ0v) is 14.5. The number of hydrogen-bond acceptors (Lipinski definition) is 4. The molecule has 1 aliphatic heterocycles. The van der Waals surface area contributed by atoms with Crippen LogP contribution < -0.4 is 10.5 Å². The molecule has 0 bridgehead atoms. The predicted octanol–water partition coefficient (Wildman–Crippen LogP) is 3.23. The maximum absolute atomic E-state index is 9.21. The van der Waals surface area contributed by atoms with Gasteiger partial charge in [0.2, 0.25) is 0 Å². The first-order valence-corrected chi connectivity index (χ1v) is 9.10. The number of piperidine rings is 1. The number of aryl methyl sites for hydroxylation is 1. The normalized spacial score (nSPS) is 19.0. The van der Waals surface area contributed by atoms with Gasteiger partial charge in [0.1, 0.15) is 5.75 Å². The minimum Gasteiger partial charge on any atom is -0.491 e. The molecule has 2 rings (SSSR count). The molecule has 1 aliphatic rings. The van der Waals surface area contributed by atoms with Gasteiger partial charge in [-0.15, -0.1) is 0 Å². The van der Waals surface area contributed by atoms with E-state index in [1.807, 2.05) is 12.1 Å². The summed E-state index contributed by atoms with van der Waals surface area (Å²) in [7, 11) is 0. The summed E-state index contributed by atoms with van der Waals surface area (Å²) in [4.78, 5) is 2.56. The van der Waals surface area contributed by atoms with Crippen molar-refractivity contribution in [1.29, 1.82) is 0 Å². The van der Waals surface area contributed by atoms with Crippen molar-refractivity contribution >= 4 is 5.69 Å². The summed E-state index contributed by atoms with van der Waals surface area (Å²) < 4.78 is 5.62. The minimum atomic E-state index is 0.303. The van der Waals surface area contributed by atoms with Crippen LogP contribution in [0, 0.1) is 0 Å². The van der Waals surface area contributed by atoms with E-state index in [9.17, 15) is 5.11 Å². The van der Waals surface area contributed by atoms with Crippen LogP contribution in [0.4, 0.5) is 5.69 Å². The molecule has 23 heavy (non-hydrogen) atoms. The summed E-state index contributed by atoms with van der Waals surface area (Å²) in [5.41, 5.74) is 8.10. The number of nitrogens with zero attached hydrogens (tertiary/aromatic N) is 1. The van der Waals surface area contributed by atoms with Gasteiger partial charge in [0.25, 0.3) is 0 Å². The molecule has 0 spiro atoms. The van der Waals surface area contributed by atoms with Crippen molar-refractivity contribution < 1.29 is 9.84 Å². The van der Waals surface area contributed by atoms with Gasteiger partial charge < -0.3 is 20.5 Å². The molecule has 0 saturated carbocycles. The van der Waals surface area contributed by atoms with Gasteiger partial charge in [-0.2, -0.15) is 0 Å². The lowest BCUT2D eigenvalue weighted by atomic mass is 9.99. The van der Waals surface area contributed by atoms with Gasteiger partial charge in [-0.25, -0.2) is 0 Å². The smallest absolute Gasteiger partial charge is 0.142 e. The Kier molecular flexibility index (Phi) is 7.69. The maximum atomic E-state index is 9.21. The third-order valence-electron chi connectivity index (χ3n) is 4.66. The topological polar surface area (TPSA) is 58.7 Å². The first kappa shape index (κ1) is 18.1. The van der Waals surface area contributed by atoms with Gasteiger partial charge in [0, 0.05) is 12.6 Å². The summed E-state index contributed by atoms with van der Waals surface area (Å²) in [5, 5.41) is 9.21. The highest BCUT2D eigenvalue weighted by Crippen LogP contribution is 2.24. The molecule has 130 valence electrons. The second-order valence-electron chi connectivity index (χ2n) is 6.52. The van der Waals surface area contributed by atoms with E-state index in [2.05, 4.69) is 17.9 Å². The van der Waals surface area contributed by atoms with E-state index >= 15 is 0 Å². The molecule has 0 aliphatic carbocycles. The Morgan fingerprint density at radius 3 is 2.96 bits per heavy atom. The lowest BCUT2D eigenvalue weighted by Gasteiger charge is -2.35. The third-order valence-corrected chi connectivity index (χ3v) is 4.66. The molecule has 1 saturated heterocycles. The van der Waals surface area contributed by atoms with Crippen LogP contribution in [-0.4, -0.2) is 42.4 Å². The molecule has 4 heteroatoms. The molecule has 1 aromatic carbocycles.